The van der Waals surface area contributed by atoms with E-state index in [1.165, 1.54) is 12.1 Å². The molecule has 98 valence electrons. The summed E-state index contributed by atoms with van der Waals surface area (Å²) in [5.41, 5.74) is 6.63. The molecule has 1 fully saturated rings. The molecule has 1 saturated heterocycles. The van der Waals surface area contributed by atoms with E-state index in [4.69, 9.17) is 5.73 Å². The van der Waals surface area contributed by atoms with Gasteiger partial charge in [0.2, 0.25) is 0 Å². The molecule has 1 aromatic carbocycles. The Balaban J connectivity index is 2.09. The van der Waals surface area contributed by atoms with E-state index in [0.29, 0.717) is 11.3 Å². The Labute approximate surface area is 106 Å². The highest BCUT2D eigenvalue weighted by molar-refractivity contribution is 5.95. The van der Waals surface area contributed by atoms with Crippen molar-refractivity contribution in [2.45, 2.75) is 19.4 Å². The third-order valence-electron chi connectivity index (χ3n) is 3.37. The molecule has 1 unspecified atom stereocenters. The van der Waals surface area contributed by atoms with Gasteiger partial charge in [-0.1, -0.05) is 0 Å². The number of rotatable bonds is 2. The molecular formula is C13H18FN3O. The number of likely N-dealkylation sites (tertiary alicyclic amines) is 1. The fraction of sp³-hybridized carbons (Fsp3) is 0.462. The number of carbonyl (C=O) groups excluding carboxylic acids is 1. The van der Waals surface area contributed by atoms with Crippen LogP contribution < -0.4 is 11.1 Å². The number of halogens is 1. The lowest BCUT2D eigenvalue weighted by atomic mass is 10.1. The minimum atomic E-state index is -0.441. The van der Waals surface area contributed by atoms with Gasteiger partial charge in [0.15, 0.2) is 0 Å². The summed E-state index contributed by atoms with van der Waals surface area (Å²) in [6, 6.07) is 2.89. The quantitative estimate of drug-likeness (QED) is 0.775. The second-order valence-electron chi connectivity index (χ2n) is 4.89. The zero-order valence-corrected chi connectivity index (χ0v) is 10.7. The van der Waals surface area contributed by atoms with Gasteiger partial charge < -0.3 is 16.0 Å². The normalized spacial score (nSPS) is 20.1. The smallest absolute Gasteiger partial charge is 0.251 e. The molecule has 1 aliphatic heterocycles. The number of carbonyl (C=O) groups is 1. The van der Waals surface area contributed by atoms with Gasteiger partial charge >= 0.3 is 0 Å². The van der Waals surface area contributed by atoms with Gasteiger partial charge in [-0.2, -0.15) is 0 Å². The second-order valence-corrected chi connectivity index (χ2v) is 4.89. The summed E-state index contributed by atoms with van der Waals surface area (Å²) in [5.74, 6) is -0.704. The molecule has 1 atom stereocenters. The highest BCUT2D eigenvalue weighted by Crippen LogP contribution is 2.18. The van der Waals surface area contributed by atoms with Gasteiger partial charge in [-0.25, -0.2) is 4.39 Å². The Morgan fingerprint density at radius 2 is 2.28 bits per heavy atom. The average molecular weight is 251 g/mol. The molecule has 1 amide bonds. The van der Waals surface area contributed by atoms with Gasteiger partial charge in [0.1, 0.15) is 5.82 Å². The topological polar surface area (TPSA) is 58.4 Å². The summed E-state index contributed by atoms with van der Waals surface area (Å²) >= 11 is 0. The van der Waals surface area contributed by atoms with E-state index in [0.717, 1.165) is 19.5 Å². The maximum atomic E-state index is 13.5. The number of anilines is 1. The molecule has 2 rings (SSSR count). The van der Waals surface area contributed by atoms with Gasteiger partial charge in [-0.15, -0.1) is 0 Å². The van der Waals surface area contributed by atoms with Crippen LogP contribution >= 0.6 is 0 Å². The van der Waals surface area contributed by atoms with Crippen LogP contribution in [-0.2, 0) is 0 Å². The Hall–Kier alpha value is -1.62. The summed E-state index contributed by atoms with van der Waals surface area (Å²) in [6.07, 6.45) is 0.923. The standard InChI is InChI=1S/C13H18FN3O/c1-8-11(14)5-9(6-12(8)15)13(18)16-10-3-4-17(2)7-10/h5-6,10H,3-4,7,15H2,1-2H3,(H,16,18). The molecule has 0 aromatic heterocycles. The molecule has 5 heteroatoms. The van der Waals surface area contributed by atoms with Crippen molar-refractivity contribution in [1.82, 2.24) is 10.2 Å². The third kappa shape index (κ3) is 2.61. The summed E-state index contributed by atoms with van der Waals surface area (Å²) in [7, 11) is 2.01. The maximum Gasteiger partial charge on any atom is 0.251 e. The molecule has 0 radical (unpaired) electrons. The van der Waals surface area contributed by atoms with Gasteiger partial charge in [-0.05, 0) is 39.1 Å². The molecule has 0 bridgehead atoms. The third-order valence-corrected chi connectivity index (χ3v) is 3.37. The summed E-state index contributed by atoms with van der Waals surface area (Å²) < 4.78 is 13.5. The van der Waals surface area contributed by atoms with Crippen molar-refractivity contribution in [2.75, 3.05) is 25.9 Å². The number of likely N-dealkylation sites (N-methyl/N-ethyl adjacent to an activating group) is 1. The minimum absolute atomic E-state index is 0.132. The number of benzene rings is 1. The zero-order valence-electron chi connectivity index (χ0n) is 10.7. The molecule has 0 saturated carbocycles. The number of nitrogens with two attached hydrogens (primary N) is 1. The fourth-order valence-electron chi connectivity index (χ4n) is 2.15. The number of amides is 1. The number of nitrogen functional groups attached to an aromatic ring is 1. The summed E-state index contributed by atoms with van der Waals surface area (Å²) in [6.45, 7) is 3.39. The molecule has 4 nitrogen and oxygen atoms in total. The van der Waals surface area contributed by atoms with Crippen molar-refractivity contribution in [3.05, 3.63) is 29.1 Å². The Morgan fingerprint density at radius 1 is 1.56 bits per heavy atom. The summed E-state index contributed by atoms with van der Waals surface area (Å²) in [5, 5.41) is 2.90. The van der Waals surface area contributed by atoms with Crippen molar-refractivity contribution in [1.29, 1.82) is 0 Å². The first kappa shape index (κ1) is 12.8. The van der Waals surface area contributed by atoms with E-state index in [2.05, 4.69) is 10.2 Å². The lowest BCUT2D eigenvalue weighted by molar-refractivity contribution is 0.0938. The first-order chi connectivity index (χ1) is 8.47. The second kappa shape index (κ2) is 4.94. The predicted octanol–water partition coefficient (Wildman–Crippen LogP) is 1.15. The first-order valence-electron chi connectivity index (χ1n) is 6.02. The van der Waals surface area contributed by atoms with Crippen LogP contribution in [0.15, 0.2) is 12.1 Å². The van der Waals surface area contributed by atoms with Crippen LogP contribution in [0.5, 0.6) is 0 Å². The molecule has 3 N–H and O–H groups in total. The lowest BCUT2D eigenvalue weighted by Gasteiger charge is -2.13. The van der Waals surface area contributed by atoms with Gasteiger partial charge in [0, 0.05) is 29.4 Å². The Bertz CT molecular complexity index is 452. The SMILES string of the molecule is Cc1c(N)cc(C(=O)NC2CCN(C)C2)cc1F. The number of hydrogen-bond donors (Lipinski definition) is 2. The van der Waals surface area contributed by atoms with Gasteiger partial charge in [-0.3, -0.25) is 4.79 Å². The van der Waals surface area contributed by atoms with E-state index >= 15 is 0 Å². The van der Waals surface area contributed by atoms with Crippen molar-refractivity contribution < 1.29 is 9.18 Å². The molecule has 1 aliphatic rings. The molecule has 0 aliphatic carbocycles. The maximum absolute atomic E-state index is 13.5. The van der Waals surface area contributed by atoms with Crippen molar-refractivity contribution >= 4 is 11.6 Å². The molecule has 18 heavy (non-hydrogen) atoms. The average Bonchev–Trinajstić information content (AvgIpc) is 2.71. The molecule has 1 heterocycles. The Kier molecular flexibility index (Phi) is 3.52. The minimum Gasteiger partial charge on any atom is -0.398 e. The van der Waals surface area contributed by atoms with Crippen molar-refractivity contribution in [3.63, 3.8) is 0 Å². The zero-order chi connectivity index (χ0) is 13.3. The first-order valence-corrected chi connectivity index (χ1v) is 6.02. The number of hydrogen-bond acceptors (Lipinski definition) is 3. The molecular weight excluding hydrogens is 233 g/mol. The van der Waals surface area contributed by atoms with Crippen LogP contribution in [0.25, 0.3) is 0 Å². The molecule has 1 aromatic rings. The number of nitrogens with one attached hydrogen (secondary N) is 1. The van der Waals surface area contributed by atoms with Crippen LogP contribution in [0.4, 0.5) is 10.1 Å². The van der Waals surface area contributed by atoms with E-state index in [1.54, 1.807) is 6.92 Å². The van der Waals surface area contributed by atoms with E-state index in [9.17, 15) is 9.18 Å². The summed E-state index contributed by atoms with van der Waals surface area (Å²) in [4.78, 5) is 14.1. The van der Waals surface area contributed by atoms with Crippen molar-refractivity contribution in [2.24, 2.45) is 0 Å². The van der Waals surface area contributed by atoms with E-state index in [-0.39, 0.29) is 17.5 Å². The highest BCUT2D eigenvalue weighted by Gasteiger charge is 2.22. The fourth-order valence-corrected chi connectivity index (χ4v) is 2.15. The number of nitrogens with zero attached hydrogens (tertiary/aromatic N) is 1. The lowest BCUT2D eigenvalue weighted by Crippen LogP contribution is -2.36. The highest BCUT2D eigenvalue weighted by atomic mass is 19.1. The van der Waals surface area contributed by atoms with Crippen LogP contribution in [0.1, 0.15) is 22.3 Å². The van der Waals surface area contributed by atoms with Gasteiger partial charge in [0.05, 0.1) is 0 Å². The van der Waals surface area contributed by atoms with E-state index in [1.807, 2.05) is 7.05 Å². The van der Waals surface area contributed by atoms with Crippen LogP contribution in [0, 0.1) is 12.7 Å². The van der Waals surface area contributed by atoms with Crippen LogP contribution in [0.2, 0.25) is 0 Å². The van der Waals surface area contributed by atoms with Crippen LogP contribution in [-0.4, -0.2) is 37.0 Å². The molecule has 0 spiro atoms. The predicted molar refractivity (Wildman–Crippen MR) is 68.9 cm³/mol. The Morgan fingerprint density at radius 3 is 2.83 bits per heavy atom. The van der Waals surface area contributed by atoms with E-state index < -0.39 is 5.82 Å². The monoisotopic (exact) mass is 251 g/mol. The van der Waals surface area contributed by atoms with Crippen molar-refractivity contribution in [3.8, 4) is 0 Å². The van der Waals surface area contributed by atoms with Gasteiger partial charge in [0.25, 0.3) is 5.91 Å². The van der Waals surface area contributed by atoms with Crippen LogP contribution in [0.3, 0.4) is 0 Å². The largest absolute Gasteiger partial charge is 0.398 e.